The predicted molar refractivity (Wildman–Crippen MR) is 94.0 cm³/mol. The van der Waals surface area contributed by atoms with Crippen molar-refractivity contribution in [2.24, 2.45) is 0 Å². The van der Waals surface area contributed by atoms with Gasteiger partial charge in [-0.25, -0.2) is 4.98 Å². The Morgan fingerprint density at radius 2 is 2.04 bits per heavy atom. The number of oxazole rings is 1. The van der Waals surface area contributed by atoms with Gasteiger partial charge in [-0.2, -0.15) is 0 Å². The molecule has 2 aromatic carbocycles. The molecule has 3 rings (SSSR count). The zero-order valence-corrected chi connectivity index (χ0v) is 14.0. The number of aliphatic carboxylic acids is 1. The van der Waals surface area contributed by atoms with Crippen molar-refractivity contribution in [2.75, 3.05) is 0 Å². The molecule has 0 fully saturated rings. The molecule has 0 N–H and O–H groups in total. The van der Waals surface area contributed by atoms with E-state index in [4.69, 9.17) is 4.42 Å². The van der Waals surface area contributed by atoms with Crippen LogP contribution in [0.1, 0.15) is 30.4 Å². The summed E-state index contributed by atoms with van der Waals surface area (Å²) >= 11 is 0. The van der Waals surface area contributed by atoms with Gasteiger partial charge in [0.25, 0.3) is 5.69 Å². The first-order valence-corrected chi connectivity index (χ1v) is 8.01. The number of carboxylic acids is 1. The molecular formula is C19H15N2O5-. The standard InChI is InChI=1S/C19H16N2O5/c1-2-13-8-7-12(10-16(13)21(24)25)9-14(11-18(22)23)19-20-15-5-3-4-6-17(15)26-19/h3-10H,2,11H2,1H3,(H,22,23)/p-1/b14-9+. The number of nitrogens with zero attached hydrogens (tertiary/aromatic N) is 2. The number of rotatable bonds is 6. The van der Waals surface area contributed by atoms with E-state index >= 15 is 0 Å². The second-order valence-electron chi connectivity index (χ2n) is 5.70. The zero-order valence-electron chi connectivity index (χ0n) is 14.0. The molecule has 26 heavy (non-hydrogen) atoms. The van der Waals surface area contributed by atoms with Crippen LogP contribution >= 0.6 is 0 Å². The summed E-state index contributed by atoms with van der Waals surface area (Å²) in [6, 6.07) is 11.8. The number of nitro benzene ring substituents is 1. The van der Waals surface area contributed by atoms with E-state index in [-0.39, 0.29) is 17.2 Å². The second kappa shape index (κ2) is 7.18. The van der Waals surface area contributed by atoms with E-state index in [0.717, 1.165) is 0 Å². The number of aromatic nitrogens is 1. The van der Waals surface area contributed by atoms with Crippen molar-refractivity contribution in [1.82, 2.24) is 4.98 Å². The number of nitro groups is 1. The highest BCUT2D eigenvalue weighted by Gasteiger charge is 2.15. The van der Waals surface area contributed by atoms with E-state index in [9.17, 15) is 20.0 Å². The van der Waals surface area contributed by atoms with Crippen molar-refractivity contribution in [1.29, 1.82) is 0 Å². The number of carboxylic acid groups (broad SMARTS) is 1. The predicted octanol–water partition coefficient (Wildman–Crippen LogP) is 2.98. The molecule has 3 aromatic rings. The van der Waals surface area contributed by atoms with Crippen LogP contribution in [-0.2, 0) is 11.2 Å². The van der Waals surface area contributed by atoms with E-state index in [0.29, 0.717) is 28.6 Å². The van der Waals surface area contributed by atoms with E-state index in [1.807, 2.05) is 6.92 Å². The fourth-order valence-electron chi connectivity index (χ4n) is 2.69. The molecule has 0 amide bonds. The van der Waals surface area contributed by atoms with Gasteiger partial charge in [-0.15, -0.1) is 0 Å². The largest absolute Gasteiger partial charge is 0.550 e. The lowest BCUT2D eigenvalue weighted by Crippen LogP contribution is -2.22. The molecule has 0 atom stereocenters. The third-order valence-electron chi connectivity index (χ3n) is 3.93. The Kier molecular flexibility index (Phi) is 4.79. The average Bonchev–Trinajstić information content (AvgIpc) is 3.04. The first-order valence-electron chi connectivity index (χ1n) is 8.01. The van der Waals surface area contributed by atoms with E-state index in [2.05, 4.69) is 4.98 Å². The van der Waals surface area contributed by atoms with Gasteiger partial charge in [0.1, 0.15) is 5.52 Å². The molecule has 1 heterocycles. The van der Waals surface area contributed by atoms with Gasteiger partial charge < -0.3 is 14.3 Å². The monoisotopic (exact) mass is 351 g/mol. The number of carbonyl (C=O) groups excluding carboxylic acids is 1. The third kappa shape index (κ3) is 3.61. The van der Waals surface area contributed by atoms with Crippen LogP contribution in [0.15, 0.2) is 46.9 Å². The molecule has 0 saturated heterocycles. The first-order chi connectivity index (χ1) is 12.5. The van der Waals surface area contributed by atoms with Gasteiger partial charge in [0.2, 0.25) is 5.89 Å². The summed E-state index contributed by atoms with van der Waals surface area (Å²) in [4.78, 5) is 26.2. The fraction of sp³-hybridized carbons (Fsp3) is 0.158. The first kappa shape index (κ1) is 17.3. The van der Waals surface area contributed by atoms with Gasteiger partial charge >= 0.3 is 0 Å². The number of hydrogen-bond acceptors (Lipinski definition) is 6. The Morgan fingerprint density at radius 1 is 1.27 bits per heavy atom. The molecule has 0 saturated carbocycles. The van der Waals surface area contributed by atoms with Crippen molar-refractivity contribution in [3.63, 3.8) is 0 Å². The van der Waals surface area contributed by atoms with Gasteiger partial charge in [-0.05, 0) is 30.2 Å². The van der Waals surface area contributed by atoms with E-state index in [1.165, 1.54) is 12.1 Å². The lowest BCUT2D eigenvalue weighted by Gasteiger charge is -2.06. The van der Waals surface area contributed by atoms with Crippen molar-refractivity contribution >= 4 is 34.4 Å². The van der Waals surface area contributed by atoms with E-state index < -0.39 is 17.3 Å². The normalized spacial score (nSPS) is 11.7. The minimum Gasteiger partial charge on any atom is -0.550 e. The van der Waals surface area contributed by atoms with Crippen LogP contribution in [0.5, 0.6) is 0 Å². The molecular weight excluding hydrogens is 336 g/mol. The Morgan fingerprint density at radius 3 is 2.69 bits per heavy atom. The number of aryl methyl sites for hydroxylation is 1. The topological polar surface area (TPSA) is 109 Å². The van der Waals surface area contributed by atoms with Gasteiger partial charge in [0, 0.05) is 29.6 Å². The Hall–Kier alpha value is -3.48. The smallest absolute Gasteiger partial charge is 0.273 e. The summed E-state index contributed by atoms with van der Waals surface area (Å²) in [5.74, 6) is -1.14. The average molecular weight is 351 g/mol. The number of fused-ring (bicyclic) bond motifs is 1. The molecule has 0 aliphatic carbocycles. The fourth-order valence-corrected chi connectivity index (χ4v) is 2.69. The summed E-state index contributed by atoms with van der Waals surface area (Å²) in [6.45, 7) is 1.83. The molecule has 0 unspecified atom stereocenters. The molecule has 0 bridgehead atoms. The number of hydrogen-bond donors (Lipinski definition) is 0. The van der Waals surface area contributed by atoms with E-state index in [1.54, 1.807) is 36.4 Å². The highest BCUT2D eigenvalue weighted by atomic mass is 16.6. The van der Waals surface area contributed by atoms with Crippen LogP contribution in [0.25, 0.3) is 22.7 Å². The molecule has 0 aliphatic rings. The number of para-hydroxylation sites is 2. The maximum Gasteiger partial charge on any atom is 0.273 e. The molecule has 7 heteroatoms. The Labute approximate surface area is 148 Å². The minimum absolute atomic E-state index is 0.00776. The third-order valence-corrected chi connectivity index (χ3v) is 3.93. The van der Waals surface area contributed by atoms with Crippen LogP contribution in [0, 0.1) is 10.1 Å². The van der Waals surface area contributed by atoms with Crippen molar-refractivity contribution in [3.05, 3.63) is 69.6 Å². The number of benzene rings is 2. The van der Waals surface area contributed by atoms with Crippen LogP contribution in [-0.4, -0.2) is 15.9 Å². The van der Waals surface area contributed by atoms with Gasteiger partial charge in [0.15, 0.2) is 5.58 Å². The lowest BCUT2D eigenvalue weighted by atomic mass is 10.0. The second-order valence-corrected chi connectivity index (χ2v) is 5.70. The maximum absolute atomic E-state index is 11.2. The highest BCUT2D eigenvalue weighted by Crippen LogP contribution is 2.27. The summed E-state index contributed by atoms with van der Waals surface area (Å²) in [5, 5.41) is 22.4. The summed E-state index contributed by atoms with van der Waals surface area (Å²) < 4.78 is 5.62. The van der Waals surface area contributed by atoms with Crippen molar-refractivity contribution in [2.45, 2.75) is 19.8 Å². The maximum atomic E-state index is 11.2. The van der Waals surface area contributed by atoms with Crippen LogP contribution < -0.4 is 5.11 Å². The Bertz CT molecular complexity index is 987. The quantitative estimate of drug-likeness (QED) is 0.499. The van der Waals surface area contributed by atoms with Crippen molar-refractivity contribution in [3.8, 4) is 0 Å². The number of carbonyl (C=O) groups is 1. The van der Waals surface area contributed by atoms with Gasteiger partial charge in [0.05, 0.1) is 4.92 Å². The highest BCUT2D eigenvalue weighted by molar-refractivity contribution is 5.90. The van der Waals surface area contributed by atoms with Crippen LogP contribution in [0.4, 0.5) is 5.69 Å². The van der Waals surface area contributed by atoms with Crippen molar-refractivity contribution < 1.29 is 19.2 Å². The zero-order chi connectivity index (χ0) is 18.7. The molecule has 1 aromatic heterocycles. The van der Waals surface area contributed by atoms with Gasteiger partial charge in [-0.3, -0.25) is 10.1 Å². The summed E-state index contributed by atoms with van der Waals surface area (Å²) in [7, 11) is 0. The molecule has 0 spiro atoms. The Balaban J connectivity index is 2.09. The van der Waals surface area contributed by atoms with Gasteiger partial charge in [-0.1, -0.05) is 31.2 Å². The molecule has 7 nitrogen and oxygen atoms in total. The minimum atomic E-state index is -1.29. The summed E-state index contributed by atoms with van der Waals surface area (Å²) in [6.07, 6.45) is 1.63. The molecule has 132 valence electrons. The molecule has 0 radical (unpaired) electrons. The molecule has 0 aliphatic heterocycles. The van der Waals surface area contributed by atoms with Crippen LogP contribution in [0.3, 0.4) is 0 Å². The lowest BCUT2D eigenvalue weighted by molar-refractivity contribution is -0.385. The summed E-state index contributed by atoms with van der Waals surface area (Å²) in [5.41, 5.74) is 2.49. The van der Waals surface area contributed by atoms with Crippen LogP contribution in [0.2, 0.25) is 0 Å². The SMILES string of the molecule is CCc1ccc(/C=C(\CC(=O)[O-])c2nc3ccccc3o2)cc1[N+](=O)[O-].